The maximum atomic E-state index is 12.3. The molecule has 0 fully saturated rings. The molecule has 1 rings (SSSR count). The molecule has 4 nitrogen and oxygen atoms in total. The Balaban J connectivity index is 0.000000671. The van der Waals surface area contributed by atoms with Crippen LogP contribution in [-0.4, -0.2) is 13.4 Å². The molecule has 0 unspecified atom stereocenters. The van der Waals surface area contributed by atoms with Gasteiger partial charge in [0, 0.05) is 0 Å². The van der Waals surface area contributed by atoms with Crippen molar-refractivity contribution in [2.24, 2.45) is 5.14 Å². The summed E-state index contributed by atoms with van der Waals surface area (Å²) in [6.45, 7) is 4.00. The van der Waals surface area contributed by atoms with E-state index >= 15 is 0 Å². The Hall–Kier alpha value is -1.01. The molecule has 0 saturated heterocycles. The van der Waals surface area contributed by atoms with Crippen molar-refractivity contribution in [1.82, 2.24) is 4.98 Å². The van der Waals surface area contributed by atoms with E-state index in [1.165, 1.54) is 6.07 Å². The van der Waals surface area contributed by atoms with Crippen molar-refractivity contribution in [3.05, 3.63) is 24.1 Å². The Kier molecular flexibility index (Phi) is 4.50. The number of primary sulfonamides is 1. The number of pyridine rings is 1. The summed E-state index contributed by atoms with van der Waals surface area (Å²) >= 11 is 0. The van der Waals surface area contributed by atoms with Gasteiger partial charge in [-0.05, 0) is 12.1 Å². The topological polar surface area (TPSA) is 73.1 Å². The summed E-state index contributed by atoms with van der Waals surface area (Å²) in [5.74, 6) is -0.864. The number of halogens is 1. The molecule has 6 heteroatoms. The van der Waals surface area contributed by atoms with E-state index in [1.54, 1.807) is 0 Å². The second kappa shape index (κ2) is 4.88. The first-order valence-corrected chi connectivity index (χ1v) is 5.20. The highest BCUT2D eigenvalue weighted by atomic mass is 32.2. The van der Waals surface area contributed by atoms with E-state index in [2.05, 4.69) is 10.1 Å². The van der Waals surface area contributed by atoms with Gasteiger partial charge in [0.2, 0.25) is 5.95 Å². The molecule has 74 valence electrons. The van der Waals surface area contributed by atoms with E-state index in [-0.39, 0.29) is 0 Å². The molecule has 0 aliphatic heterocycles. The molecule has 1 aromatic rings. The molecule has 0 atom stereocenters. The van der Waals surface area contributed by atoms with Crippen molar-refractivity contribution in [2.75, 3.05) is 0 Å². The fourth-order valence-electron chi connectivity index (χ4n) is 0.548. The van der Waals surface area contributed by atoms with Crippen LogP contribution in [0.3, 0.4) is 0 Å². The minimum Gasteiger partial charge on any atom is -0.223 e. The van der Waals surface area contributed by atoms with Crippen LogP contribution in [0, 0.1) is 5.95 Å². The number of hydrogen-bond acceptors (Lipinski definition) is 3. The molecule has 0 radical (unpaired) electrons. The van der Waals surface area contributed by atoms with Gasteiger partial charge in [-0.2, -0.15) is 4.39 Å². The van der Waals surface area contributed by atoms with Crippen molar-refractivity contribution in [1.29, 1.82) is 0 Å². The van der Waals surface area contributed by atoms with Crippen LogP contribution in [0.15, 0.2) is 23.2 Å². The second-order valence-corrected chi connectivity index (χ2v) is 3.35. The van der Waals surface area contributed by atoms with Gasteiger partial charge in [0.1, 0.15) is 0 Å². The number of sulfonamides is 1. The lowest BCUT2D eigenvalue weighted by Gasteiger charge is -1.94. The fourth-order valence-corrected chi connectivity index (χ4v) is 1.03. The van der Waals surface area contributed by atoms with Crippen LogP contribution in [0.25, 0.3) is 0 Å². The third kappa shape index (κ3) is 3.95. The van der Waals surface area contributed by atoms with Gasteiger partial charge in [-0.25, -0.2) is 18.5 Å². The molecule has 1 heterocycles. The first kappa shape index (κ1) is 12.0. The van der Waals surface area contributed by atoms with E-state index in [0.717, 1.165) is 12.1 Å². The van der Waals surface area contributed by atoms with E-state index in [0.29, 0.717) is 0 Å². The van der Waals surface area contributed by atoms with Gasteiger partial charge >= 0.3 is 0 Å². The summed E-state index contributed by atoms with van der Waals surface area (Å²) in [6.07, 6.45) is 0. The van der Waals surface area contributed by atoms with Crippen molar-refractivity contribution in [3.63, 3.8) is 0 Å². The number of aromatic nitrogens is 1. The zero-order valence-electron chi connectivity index (χ0n) is 7.36. The lowest BCUT2D eigenvalue weighted by atomic mass is 10.5. The van der Waals surface area contributed by atoms with Crippen LogP contribution < -0.4 is 5.14 Å². The molecule has 0 spiro atoms. The Morgan fingerprint density at radius 2 is 1.92 bits per heavy atom. The zero-order valence-corrected chi connectivity index (χ0v) is 8.18. The van der Waals surface area contributed by atoms with Crippen LogP contribution in [0.4, 0.5) is 4.39 Å². The normalized spacial score (nSPS) is 10.2. The van der Waals surface area contributed by atoms with Gasteiger partial charge in [0.25, 0.3) is 10.0 Å². The number of rotatable bonds is 1. The van der Waals surface area contributed by atoms with Crippen molar-refractivity contribution >= 4 is 10.0 Å². The highest BCUT2D eigenvalue weighted by molar-refractivity contribution is 7.89. The number of nitrogens with zero attached hydrogens (tertiary/aromatic N) is 1. The standard InChI is InChI=1S/C5H5FN2O2S.C2H6/c6-4-2-1-3-5(8-4)11(7,9)10;1-2/h1-3H,(H2,7,9,10);1-2H3. The highest BCUT2D eigenvalue weighted by Crippen LogP contribution is 2.01. The molecule has 0 aromatic carbocycles. The fraction of sp³-hybridized carbons (Fsp3) is 0.286. The lowest BCUT2D eigenvalue weighted by molar-refractivity contribution is 0.557. The first-order chi connectivity index (χ1) is 6.00. The maximum absolute atomic E-state index is 12.3. The summed E-state index contributed by atoms with van der Waals surface area (Å²) in [6, 6.07) is 3.38. The quantitative estimate of drug-likeness (QED) is 0.693. The second-order valence-electron chi connectivity index (χ2n) is 1.84. The third-order valence-corrected chi connectivity index (χ3v) is 1.79. The molecule has 2 N–H and O–H groups in total. The lowest BCUT2D eigenvalue weighted by Crippen LogP contribution is -2.14. The van der Waals surface area contributed by atoms with E-state index in [4.69, 9.17) is 0 Å². The number of nitrogens with two attached hydrogens (primary N) is 1. The highest BCUT2D eigenvalue weighted by Gasteiger charge is 2.08. The van der Waals surface area contributed by atoms with Gasteiger partial charge < -0.3 is 0 Å². The van der Waals surface area contributed by atoms with E-state index in [1.807, 2.05) is 13.8 Å². The molecular weight excluding hydrogens is 195 g/mol. The van der Waals surface area contributed by atoms with Gasteiger partial charge in [-0.15, -0.1) is 0 Å². The molecule has 0 amide bonds. The molecular formula is C7H11FN2O2S. The molecule has 0 aliphatic carbocycles. The predicted molar refractivity (Wildman–Crippen MR) is 46.9 cm³/mol. The average molecular weight is 206 g/mol. The molecule has 13 heavy (non-hydrogen) atoms. The van der Waals surface area contributed by atoms with Crippen LogP contribution in [0.1, 0.15) is 13.8 Å². The average Bonchev–Trinajstić information content (AvgIpc) is 2.06. The molecule has 0 aliphatic rings. The monoisotopic (exact) mass is 206 g/mol. The van der Waals surface area contributed by atoms with Crippen molar-refractivity contribution in [2.45, 2.75) is 18.9 Å². The predicted octanol–water partition coefficient (Wildman–Crippen LogP) is 0.894. The summed E-state index contributed by atoms with van der Waals surface area (Å²) in [7, 11) is -3.88. The molecule has 0 saturated carbocycles. The van der Waals surface area contributed by atoms with Gasteiger partial charge in [0.15, 0.2) is 5.03 Å². The van der Waals surface area contributed by atoms with Gasteiger partial charge in [0.05, 0.1) is 0 Å². The van der Waals surface area contributed by atoms with Crippen LogP contribution in [-0.2, 0) is 10.0 Å². The van der Waals surface area contributed by atoms with Crippen LogP contribution in [0.2, 0.25) is 0 Å². The first-order valence-electron chi connectivity index (χ1n) is 3.65. The Morgan fingerprint density at radius 1 is 1.38 bits per heavy atom. The Labute approximate surface area is 76.7 Å². The number of hydrogen-bond donors (Lipinski definition) is 1. The van der Waals surface area contributed by atoms with Crippen LogP contribution in [0.5, 0.6) is 0 Å². The largest absolute Gasteiger partial charge is 0.255 e. The zero-order chi connectivity index (χ0) is 10.5. The maximum Gasteiger partial charge on any atom is 0.255 e. The van der Waals surface area contributed by atoms with Crippen molar-refractivity contribution in [3.8, 4) is 0 Å². The summed E-state index contributed by atoms with van der Waals surface area (Å²) in [4.78, 5) is 3.06. The molecule has 0 bridgehead atoms. The third-order valence-electron chi connectivity index (χ3n) is 0.981. The van der Waals surface area contributed by atoms with Gasteiger partial charge in [-0.3, -0.25) is 0 Å². The Bertz CT molecular complexity index is 365. The molecule has 1 aromatic heterocycles. The summed E-state index contributed by atoms with van der Waals surface area (Å²) < 4.78 is 33.3. The smallest absolute Gasteiger partial charge is 0.223 e. The SMILES string of the molecule is CC.NS(=O)(=O)c1cccc(F)n1. The van der Waals surface area contributed by atoms with E-state index in [9.17, 15) is 12.8 Å². The van der Waals surface area contributed by atoms with E-state index < -0.39 is 21.0 Å². The minimum absolute atomic E-state index is 0.461. The summed E-state index contributed by atoms with van der Waals surface area (Å²) in [5.41, 5.74) is 0. The Morgan fingerprint density at radius 3 is 2.23 bits per heavy atom. The van der Waals surface area contributed by atoms with Gasteiger partial charge in [-0.1, -0.05) is 19.9 Å². The summed E-state index contributed by atoms with van der Waals surface area (Å²) in [5, 5.41) is 4.21. The minimum atomic E-state index is -3.88. The van der Waals surface area contributed by atoms with Crippen LogP contribution >= 0.6 is 0 Å². The van der Waals surface area contributed by atoms with Crippen molar-refractivity contribution < 1.29 is 12.8 Å².